The Bertz CT molecular complexity index is 600. The molecular formula is C15H12BrFO3. The van der Waals surface area contributed by atoms with Crippen LogP contribution >= 0.6 is 15.9 Å². The second kappa shape index (κ2) is 6.05. The summed E-state index contributed by atoms with van der Waals surface area (Å²) in [5.41, 5.74) is 0.711. The molecule has 0 aliphatic carbocycles. The molecule has 0 atom stereocenters. The van der Waals surface area contributed by atoms with Crippen LogP contribution in [-0.2, 0) is 0 Å². The van der Waals surface area contributed by atoms with Crippen molar-refractivity contribution < 1.29 is 18.7 Å². The third kappa shape index (κ3) is 2.82. The number of halogens is 2. The maximum atomic E-state index is 13.6. The maximum Gasteiger partial charge on any atom is 0.193 e. The van der Waals surface area contributed by atoms with Gasteiger partial charge in [0.2, 0.25) is 0 Å². The number of hydrogen-bond donors (Lipinski definition) is 0. The van der Waals surface area contributed by atoms with Gasteiger partial charge in [0.25, 0.3) is 0 Å². The Balaban J connectivity index is 2.36. The van der Waals surface area contributed by atoms with Gasteiger partial charge in [-0.3, -0.25) is 4.79 Å². The Morgan fingerprint density at radius 1 is 1.00 bits per heavy atom. The van der Waals surface area contributed by atoms with Crippen LogP contribution in [0.3, 0.4) is 0 Å². The second-order valence-electron chi connectivity index (χ2n) is 4.03. The van der Waals surface area contributed by atoms with E-state index in [9.17, 15) is 9.18 Å². The molecule has 0 bridgehead atoms. The van der Waals surface area contributed by atoms with Crippen molar-refractivity contribution in [3.63, 3.8) is 0 Å². The molecule has 0 aliphatic rings. The fraction of sp³-hybridized carbons (Fsp3) is 0.133. The molecule has 0 unspecified atom stereocenters. The molecule has 20 heavy (non-hydrogen) atoms. The lowest BCUT2D eigenvalue weighted by atomic mass is 10.0. The Labute approximate surface area is 124 Å². The topological polar surface area (TPSA) is 35.5 Å². The standard InChI is InChI=1S/C15H12BrFO3/c1-19-13-5-3-9(7-11(13)16)15(18)10-4-6-14(20-2)12(17)8-10/h3-8H,1-2H3. The predicted molar refractivity (Wildman–Crippen MR) is 77.1 cm³/mol. The monoisotopic (exact) mass is 338 g/mol. The molecule has 0 N–H and O–H groups in total. The fourth-order valence-electron chi connectivity index (χ4n) is 1.78. The summed E-state index contributed by atoms with van der Waals surface area (Å²) in [6, 6.07) is 9.08. The summed E-state index contributed by atoms with van der Waals surface area (Å²) in [4.78, 5) is 12.3. The van der Waals surface area contributed by atoms with E-state index in [0.29, 0.717) is 15.8 Å². The number of ketones is 1. The van der Waals surface area contributed by atoms with Gasteiger partial charge in [0.15, 0.2) is 17.3 Å². The molecule has 2 rings (SSSR count). The van der Waals surface area contributed by atoms with E-state index in [0.717, 1.165) is 0 Å². The predicted octanol–water partition coefficient (Wildman–Crippen LogP) is 3.84. The van der Waals surface area contributed by atoms with Gasteiger partial charge in [0.05, 0.1) is 18.7 Å². The van der Waals surface area contributed by atoms with Crippen LogP contribution < -0.4 is 9.47 Å². The van der Waals surface area contributed by atoms with Crippen LogP contribution in [0.4, 0.5) is 4.39 Å². The van der Waals surface area contributed by atoms with Gasteiger partial charge < -0.3 is 9.47 Å². The van der Waals surface area contributed by atoms with Crippen molar-refractivity contribution >= 4 is 21.7 Å². The second-order valence-corrected chi connectivity index (χ2v) is 4.88. The Morgan fingerprint density at radius 3 is 2.05 bits per heavy atom. The number of carbonyl (C=O) groups excluding carboxylic acids is 1. The quantitative estimate of drug-likeness (QED) is 0.794. The van der Waals surface area contributed by atoms with Gasteiger partial charge in [0, 0.05) is 11.1 Å². The third-order valence-electron chi connectivity index (χ3n) is 2.83. The van der Waals surface area contributed by atoms with E-state index in [1.807, 2.05) is 0 Å². The Hall–Kier alpha value is -1.88. The van der Waals surface area contributed by atoms with Crippen molar-refractivity contribution in [1.29, 1.82) is 0 Å². The SMILES string of the molecule is COc1ccc(C(=O)c2ccc(OC)c(Br)c2)cc1F. The fourth-order valence-corrected chi connectivity index (χ4v) is 2.32. The first-order valence-corrected chi connectivity index (χ1v) is 6.58. The van der Waals surface area contributed by atoms with Gasteiger partial charge in [-0.05, 0) is 52.3 Å². The summed E-state index contributed by atoms with van der Waals surface area (Å²) in [7, 11) is 2.92. The van der Waals surface area contributed by atoms with Crippen LogP contribution in [0.15, 0.2) is 40.9 Å². The van der Waals surface area contributed by atoms with Crippen LogP contribution in [-0.4, -0.2) is 20.0 Å². The first-order valence-electron chi connectivity index (χ1n) is 5.78. The largest absolute Gasteiger partial charge is 0.496 e. The number of benzene rings is 2. The van der Waals surface area contributed by atoms with Crippen molar-refractivity contribution in [2.75, 3.05) is 14.2 Å². The van der Waals surface area contributed by atoms with Crippen molar-refractivity contribution in [1.82, 2.24) is 0 Å². The van der Waals surface area contributed by atoms with Gasteiger partial charge >= 0.3 is 0 Å². The third-order valence-corrected chi connectivity index (χ3v) is 3.45. The van der Waals surface area contributed by atoms with Crippen LogP contribution in [0.25, 0.3) is 0 Å². The number of ether oxygens (including phenoxy) is 2. The summed E-state index contributed by atoms with van der Waals surface area (Å²) < 4.78 is 24.2. The Kier molecular flexibility index (Phi) is 4.39. The summed E-state index contributed by atoms with van der Waals surface area (Å²) in [6.45, 7) is 0. The molecule has 3 nitrogen and oxygen atoms in total. The van der Waals surface area contributed by atoms with E-state index >= 15 is 0 Å². The van der Waals surface area contributed by atoms with Gasteiger partial charge in [-0.1, -0.05) is 0 Å². The van der Waals surface area contributed by atoms with Crippen molar-refractivity contribution in [3.05, 3.63) is 57.8 Å². The minimum atomic E-state index is -0.564. The molecular weight excluding hydrogens is 327 g/mol. The lowest BCUT2D eigenvalue weighted by molar-refractivity contribution is 0.103. The van der Waals surface area contributed by atoms with Crippen molar-refractivity contribution in [2.24, 2.45) is 0 Å². The van der Waals surface area contributed by atoms with Crippen LogP contribution in [0, 0.1) is 5.82 Å². The molecule has 0 heterocycles. The average molecular weight is 339 g/mol. The number of carbonyl (C=O) groups is 1. The highest BCUT2D eigenvalue weighted by Gasteiger charge is 2.13. The van der Waals surface area contributed by atoms with Crippen molar-refractivity contribution in [3.8, 4) is 11.5 Å². The molecule has 0 aromatic heterocycles. The average Bonchev–Trinajstić information content (AvgIpc) is 2.46. The summed E-state index contributed by atoms with van der Waals surface area (Å²) in [6.07, 6.45) is 0. The minimum absolute atomic E-state index is 0.109. The molecule has 2 aromatic rings. The zero-order valence-corrected chi connectivity index (χ0v) is 12.5. The summed E-state index contributed by atoms with van der Waals surface area (Å²) in [5.74, 6) is -0.0965. The maximum absolute atomic E-state index is 13.6. The van der Waals surface area contributed by atoms with E-state index < -0.39 is 5.82 Å². The smallest absolute Gasteiger partial charge is 0.193 e. The molecule has 2 aromatic carbocycles. The summed E-state index contributed by atoms with van der Waals surface area (Å²) >= 11 is 3.31. The molecule has 0 amide bonds. The van der Waals surface area contributed by atoms with E-state index in [-0.39, 0.29) is 17.1 Å². The van der Waals surface area contributed by atoms with Crippen LogP contribution in [0.5, 0.6) is 11.5 Å². The van der Waals surface area contributed by atoms with Crippen molar-refractivity contribution in [2.45, 2.75) is 0 Å². The number of hydrogen-bond acceptors (Lipinski definition) is 3. The zero-order chi connectivity index (χ0) is 14.7. The first-order chi connectivity index (χ1) is 9.56. The van der Waals surface area contributed by atoms with E-state index in [1.54, 1.807) is 25.3 Å². The van der Waals surface area contributed by atoms with Gasteiger partial charge in [-0.25, -0.2) is 4.39 Å². The molecule has 0 aliphatic heterocycles. The highest BCUT2D eigenvalue weighted by molar-refractivity contribution is 9.10. The zero-order valence-electron chi connectivity index (χ0n) is 10.9. The highest BCUT2D eigenvalue weighted by atomic mass is 79.9. The Morgan fingerprint density at radius 2 is 1.55 bits per heavy atom. The summed E-state index contributed by atoms with van der Waals surface area (Å²) in [5, 5.41) is 0. The lowest BCUT2D eigenvalue weighted by Gasteiger charge is -2.07. The highest BCUT2D eigenvalue weighted by Crippen LogP contribution is 2.27. The first kappa shape index (κ1) is 14.5. The van der Waals surface area contributed by atoms with Gasteiger partial charge in [0.1, 0.15) is 5.75 Å². The van der Waals surface area contributed by atoms with E-state index in [2.05, 4.69) is 15.9 Å². The van der Waals surface area contributed by atoms with E-state index in [1.165, 1.54) is 25.3 Å². The number of methoxy groups -OCH3 is 2. The van der Waals surface area contributed by atoms with Gasteiger partial charge in [-0.15, -0.1) is 0 Å². The normalized spacial score (nSPS) is 10.2. The molecule has 0 spiro atoms. The molecule has 104 valence electrons. The molecule has 0 saturated heterocycles. The van der Waals surface area contributed by atoms with Crippen LogP contribution in [0.2, 0.25) is 0 Å². The number of rotatable bonds is 4. The minimum Gasteiger partial charge on any atom is -0.496 e. The van der Waals surface area contributed by atoms with Crippen LogP contribution in [0.1, 0.15) is 15.9 Å². The van der Waals surface area contributed by atoms with Gasteiger partial charge in [-0.2, -0.15) is 0 Å². The molecule has 0 saturated carbocycles. The molecule has 0 radical (unpaired) electrons. The molecule has 0 fully saturated rings. The molecule has 5 heteroatoms. The van der Waals surface area contributed by atoms with E-state index in [4.69, 9.17) is 9.47 Å². The lowest BCUT2D eigenvalue weighted by Crippen LogP contribution is -2.03.